The molecule has 2 aromatic rings. The van der Waals surface area contributed by atoms with Crippen LogP contribution in [0.4, 0.5) is 5.95 Å². The monoisotopic (exact) mass is 246 g/mol. The molecule has 0 saturated heterocycles. The number of nitrogens with zero attached hydrogens (tertiary/aromatic N) is 3. The highest BCUT2D eigenvalue weighted by Crippen LogP contribution is 2.26. The molecule has 0 fully saturated rings. The second-order valence-corrected chi connectivity index (χ2v) is 4.97. The van der Waals surface area contributed by atoms with Crippen molar-refractivity contribution in [3.05, 3.63) is 35.2 Å². The largest absolute Gasteiger partial charge is 0.368 e. The van der Waals surface area contributed by atoms with Crippen LogP contribution in [0.15, 0.2) is 28.3 Å². The van der Waals surface area contributed by atoms with Gasteiger partial charge in [0.15, 0.2) is 0 Å². The molecule has 0 atom stereocenters. The van der Waals surface area contributed by atoms with Crippen LogP contribution in [-0.2, 0) is 0 Å². The van der Waals surface area contributed by atoms with Gasteiger partial charge in [0.05, 0.1) is 0 Å². The summed E-state index contributed by atoms with van der Waals surface area (Å²) in [5.74, 6) is 0.303. The molecule has 2 aromatic heterocycles. The Labute approximate surface area is 105 Å². The molecule has 0 saturated carbocycles. The predicted octanol–water partition coefficient (Wildman–Crippen LogP) is 2.53. The van der Waals surface area contributed by atoms with Crippen molar-refractivity contribution in [2.24, 2.45) is 0 Å². The molecule has 0 amide bonds. The first kappa shape index (κ1) is 11.9. The Morgan fingerprint density at radius 2 is 1.53 bits per heavy atom. The fourth-order valence-corrected chi connectivity index (χ4v) is 2.60. The summed E-state index contributed by atoms with van der Waals surface area (Å²) in [4.78, 5) is 12.7. The highest BCUT2D eigenvalue weighted by atomic mass is 32.2. The molecule has 0 aliphatic carbocycles. The van der Waals surface area contributed by atoms with E-state index in [1.165, 1.54) is 17.3 Å². The summed E-state index contributed by atoms with van der Waals surface area (Å²) in [7, 11) is 0. The van der Waals surface area contributed by atoms with Gasteiger partial charge in [-0.15, -0.1) is 0 Å². The number of hydrogen-bond donors (Lipinski definition) is 1. The highest BCUT2D eigenvalue weighted by Gasteiger charge is 2.04. The van der Waals surface area contributed by atoms with Crippen LogP contribution in [0.1, 0.15) is 17.0 Å². The van der Waals surface area contributed by atoms with Crippen LogP contribution < -0.4 is 5.73 Å². The molecular weight excluding hydrogens is 232 g/mol. The molecule has 0 aliphatic rings. The van der Waals surface area contributed by atoms with Gasteiger partial charge in [0.2, 0.25) is 5.95 Å². The molecule has 0 aromatic carbocycles. The normalized spacial score (nSPS) is 10.5. The number of aromatic nitrogens is 3. The van der Waals surface area contributed by atoms with Gasteiger partial charge in [-0.1, -0.05) is 0 Å². The van der Waals surface area contributed by atoms with Gasteiger partial charge >= 0.3 is 0 Å². The summed E-state index contributed by atoms with van der Waals surface area (Å²) in [6.07, 6.45) is 0. The van der Waals surface area contributed by atoms with Gasteiger partial charge in [0, 0.05) is 11.4 Å². The van der Waals surface area contributed by atoms with E-state index in [2.05, 4.69) is 21.9 Å². The number of rotatable bonds is 2. The van der Waals surface area contributed by atoms with E-state index in [9.17, 15) is 0 Å². The van der Waals surface area contributed by atoms with Crippen molar-refractivity contribution in [1.82, 2.24) is 15.0 Å². The number of nitrogens with two attached hydrogens (primary N) is 1. The molecule has 2 N–H and O–H groups in total. The van der Waals surface area contributed by atoms with E-state index < -0.39 is 0 Å². The Bertz CT molecular complexity index is 464. The number of nitrogen functional groups attached to an aromatic ring is 1. The lowest BCUT2D eigenvalue weighted by atomic mass is 10.3. The van der Waals surface area contributed by atoms with E-state index in [0.717, 1.165) is 21.4 Å². The third-order valence-corrected chi connectivity index (χ3v) is 2.97. The average molecular weight is 246 g/mol. The second kappa shape index (κ2) is 4.71. The zero-order valence-electron chi connectivity index (χ0n) is 10.1. The van der Waals surface area contributed by atoms with E-state index >= 15 is 0 Å². The lowest BCUT2D eigenvalue weighted by molar-refractivity contribution is 1.01. The maximum atomic E-state index is 5.62. The number of anilines is 1. The minimum atomic E-state index is 0.303. The molecule has 2 rings (SSSR count). The van der Waals surface area contributed by atoms with Gasteiger partial charge in [-0.2, -0.15) is 0 Å². The molecule has 0 radical (unpaired) electrons. The van der Waals surface area contributed by atoms with Crippen LogP contribution in [-0.4, -0.2) is 15.0 Å². The topological polar surface area (TPSA) is 64.7 Å². The van der Waals surface area contributed by atoms with Crippen molar-refractivity contribution in [1.29, 1.82) is 0 Å². The van der Waals surface area contributed by atoms with Crippen molar-refractivity contribution < 1.29 is 0 Å². The lowest BCUT2D eigenvalue weighted by Gasteiger charge is -2.04. The first-order chi connectivity index (χ1) is 8.02. The van der Waals surface area contributed by atoms with Gasteiger partial charge in [-0.3, -0.25) is 0 Å². The standard InChI is InChI=1S/C12H14N4S/c1-7-4-8(2)14-10(5-7)17-11-6-9(3)15-12(13)16-11/h4-6H,1-3H3,(H2,13,15,16). The summed E-state index contributed by atoms with van der Waals surface area (Å²) >= 11 is 1.50. The SMILES string of the molecule is Cc1cc(C)nc(Sc2cc(C)nc(N)n2)c1. The Kier molecular flexibility index (Phi) is 3.28. The predicted molar refractivity (Wildman–Crippen MR) is 69.0 cm³/mol. The van der Waals surface area contributed by atoms with E-state index in [1.54, 1.807) is 0 Å². The van der Waals surface area contributed by atoms with Gasteiger partial charge in [-0.25, -0.2) is 15.0 Å². The van der Waals surface area contributed by atoms with Gasteiger partial charge in [-0.05, 0) is 56.3 Å². The van der Waals surface area contributed by atoms with Gasteiger partial charge < -0.3 is 5.73 Å². The quantitative estimate of drug-likeness (QED) is 0.825. The molecule has 0 unspecified atom stereocenters. The van der Waals surface area contributed by atoms with Crippen LogP contribution in [0.5, 0.6) is 0 Å². The smallest absolute Gasteiger partial charge is 0.221 e. The molecular formula is C12H14N4S. The van der Waals surface area contributed by atoms with Crippen molar-refractivity contribution in [3.8, 4) is 0 Å². The third kappa shape index (κ3) is 3.17. The fraction of sp³-hybridized carbons (Fsp3) is 0.250. The van der Waals surface area contributed by atoms with Crippen molar-refractivity contribution in [2.75, 3.05) is 5.73 Å². The summed E-state index contributed by atoms with van der Waals surface area (Å²) in [6.45, 7) is 5.94. The summed E-state index contributed by atoms with van der Waals surface area (Å²) in [5, 5.41) is 1.76. The van der Waals surface area contributed by atoms with E-state index in [1.807, 2.05) is 32.0 Å². The number of aryl methyl sites for hydroxylation is 3. The van der Waals surface area contributed by atoms with Crippen LogP contribution in [0.2, 0.25) is 0 Å². The molecule has 4 nitrogen and oxygen atoms in total. The highest BCUT2D eigenvalue weighted by molar-refractivity contribution is 7.99. The maximum absolute atomic E-state index is 5.62. The molecule has 0 bridgehead atoms. The minimum Gasteiger partial charge on any atom is -0.368 e. The van der Waals surface area contributed by atoms with Crippen molar-refractivity contribution >= 4 is 17.7 Å². The lowest BCUT2D eigenvalue weighted by Crippen LogP contribution is -1.97. The second-order valence-electron chi connectivity index (χ2n) is 3.93. The van der Waals surface area contributed by atoms with E-state index in [4.69, 9.17) is 5.73 Å². The number of hydrogen-bond acceptors (Lipinski definition) is 5. The number of pyridine rings is 1. The van der Waals surface area contributed by atoms with Gasteiger partial charge in [0.25, 0.3) is 0 Å². The van der Waals surface area contributed by atoms with Crippen molar-refractivity contribution in [3.63, 3.8) is 0 Å². The Hall–Kier alpha value is -1.62. The Morgan fingerprint density at radius 3 is 2.18 bits per heavy atom. The third-order valence-electron chi connectivity index (χ3n) is 2.13. The first-order valence-electron chi connectivity index (χ1n) is 5.27. The van der Waals surface area contributed by atoms with E-state index in [0.29, 0.717) is 5.95 Å². The van der Waals surface area contributed by atoms with Crippen LogP contribution in [0.3, 0.4) is 0 Å². The van der Waals surface area contributed by atoms with Crippen molar-refractivity contribution in [2.45, 2.75) is 30.8 Å². The molecule has 5 heteroatoms. The maximum Gasteiger partial charge on any atom is 0.221 e. The first-order valence-corrected chi connectivity index (χ1v) is 6.09. The fourth-order valence-electron chi connectivity index (χ4n) is 1.58. The molecule has 17 heavy (non-hydrogen) atoms. The van der Waals surface area contributed by atoms with Crippen LogP contribution in [0, 0.1) is 20.8 Å². The van der Waals surface area contributed by atoms with Crippen LogP contribution >= 0.6 is 11.8 Å². The zero-order chi connectivity index (χ0) is 12.4. The molecule has 2 heterocycles. The summed E-state index contributed by atoms with van der Waals surface area (Å²) in [6, 6.07) is 5.98. The Balaban J connectivity index is 2.31. The molecule has 0 spiro atoms. The summed E-state index contributed by atoms with van der Waals surface area (Å²) < 4.78 is 0. The molecule has 88 valence electrons. The van der Waals surface area contributed by atoms with Crippen LogP contribution in [0.25, 0.3) is 0 Å². The van der Waals surface area contributed by atoms with Gasteiger partial charge in [0.1, 0.15) is 10.1 Å². The zero-order valence-corrected chi connectivity index (χ0v) is 10.9. The van der Waals surface area contributed by atoms with E-state index in [-0.39, 0.29) is 0 Å². The Morgan fingerprint density at radius 1 is 0.882 bits per heavy atom. The molecule has 0 aliphatic heterocycles. The average Bonchev–Trinajstić information content (AvgIpc) is 2.13. The minimum absolute atomic E-state index is 0.303. The summed E-state index contributed by atoms with van der Waals surface area (Å²) in [5.41, 5.74) is 8.68.